The van der Waals surface area contributed by atoms with Gasteiger partial charge in [-0.15, -0.1) is 11.6 Å². The van der Waals surface area contributed by atoms with E-state index >= 15 is 0 Å². The van der Waals surface area contributed by atoms with Crippen LogP contribution in [0.2, 0.25) is 0 Å². The average molecular weight is 228 g/mol. The topological polar surface area (TPSA) is 38.2 Å². The number of morpholine rings is 1. The molecule has 0 amide bonds. The lowest BCUT2D eigenvalue weighted by Gasteiger charge is -2.31. The van der Waals surface area contributed by atoms with Crippen LogP contribution in [-0.4, -0.2) is 46.5 Å². The van der Waals surface area contributed by atoms with Crippen LogP contribution in [-0.2, 0) is 11.3 Å². The molecule has 5 heteroatoms. The van der Waals surface area contributed by atoms with Crippen molar-refractivity contribution >= 4 is 11.6 Å². The molecule has 0 aliphatic carbocycles. The third-order valence-electron chi connectivity index (χ3n) is 2.38. The largest absolute Gasteiger partial charge is 0.374 e. The first-order chi connectivity index (χ1) is 7.38. The van der Waals surface area contributed by atoms with E-state index in [4.69, 9.17) is 16.3 Å². The number of nitrogens with zero attached hydrogens (tertiary/aromatic N) is 3. The Bertz CT molecular complexity index is 296. The minimum absolute atomic E-state index is 0.143. The minimum atomic E-state index is 0.143. The number of halogens is 1. The van der Waals surface area contributed by atoms with Gasteiger partial charge in [0.15, 0.2) is 0 Å². The van der Waals surface area contributed by atoms with Crippen molar-refractivity contribution in [2.24, 2.45) is 0 Å². The first-order valence-electron chi connectivity index (χ1n) is 5.04. The van der Waals surface area contributed by atoms with Gasteiger partial charge in [-0.05, 0) is 6.07 Å². The normalized spacial score (nSPS) is 22.9. The number of ether oxygens (including phenoxy) is 1. The lowest BCUT2D eigenvalue weighted by atomic mass is 10.3. The van der Waals surface area contributed by atoms with E-state index in [-0.39, 0.29) is 6.10 Å². The van der Waals surface area contributed by atoms with Crippen LogP contribution in [0.1, 0.15) is 5.82 Å². The molecule has 1 atom stereocenters. The van der Waals surface area contributed by atoms with Crippen LogP contribution in [0.5, 0.6) is 0 Å². The Morgan fingerprint density at radius 2 is 2.27 bits per heavy atom. The highest BCUT2D eigenvalue weighted by molar-refractivity contribution is 6.18. The third-order valence-corrected chi connectivity index (χ3v) is 2.72. The molecule has 1 unspecified atom stereocenters. The van der Waals surface area contributed by atoms with E-state index in [2.05, 4.69) is 14.9 Å². The van der Waals surface area contributed by atoms with Crippen molar-refractivity contribution in [2.45, 2.75) is 12.6 Å². The maximum atomic E-state index is 5.77. The standard InChI is InChI=1S/C10H14ClN3O/c11-6-9-7-14(4-5-15-9)8-10-12-2-1-3-13-10/h1-3,9H,4-8H2. The maximum absolute atomic E-state index is 5.77. The Morgan fingerprint density at radius 3 is 3.00 bits per heavy atom. The molecule has 0 spiro atoms. The summed E-state index contributed by atoms with van der Waals surface area (Å²) in [5.74, 6) is 1.40. The van der Waals surface area contributed by atoms with Crippen molar-refractivity contribution in [2.75, 3.05) is 25.6 Å². The molecule has 1 aromatic rings. The molecule has 1 aromatic heterocycles. The Balaban J connectivity index is 1.89. The van der Waals surface area contributed by atoms with Crippen molar-refractivity contribution in [3.63, 3.8) is 0 Å². The monoisotopic (exact) mass is 227 g/mol. The van der Waals surface area contributed by atoms with E-state index in [0.29, 0.717) is 5.88 Å². The van der Waals surface area contributed by atoms with E-state index in [1.54, 1.807) is 12.4 Å². The van der Waals surface area contributed by atoms with Gasteiger partial charge in [0.25, 0.3) is 0 Å². The van der Waals surface area contributed by atoms with Crippen LogP contribution in [0, 0.1) is 0 Å². The number of aromatic nitrogens is 2. The van der Waals surface area contributed by atoms with Crippen LogP contribution >= 0.6 is 11.6 Å². The summed E-state index contributed by atoms with van der Waals surface area (Å²) >= 11 is 5.77. The van der Waals surface area contributed by atoms with E-state index in [1.165, 1.54) is 0 Å². The number of hydrogen-bond donors (Lipinski definition) is 0. The molecule has 0 N–H and O–H groups in total. The molecule has 1 aliphatic rings. The highest BCUT2D eigenvalue weighted by atomic mass is 35.5. The molecule has 82 valence electrons. The summed E-state index contributed by atoms with van der Waals surface area (Å²) < 4.78 is 5.48. The molecule has 1 aliphatic heterocycles. The number of alkyl halides is 1. The van der Waals surface area contributed by atoms with E-state index in [1.807, 2.05) is 6.07 Å². The van der Waals surface area contributed by atoms with Crippen LogP contribution in [0.25, 0.3) is 0 Å². The molecular formula is C10H14ClN3O. The zero-order chi connectivity index (χ0) is 10.5. The lowest BCUT2D eigenvalue weighted by Crippen LogP contribution is -2.42. The lowest BCUT2D eigenvalue weighted by molar-refractivity contribution is -0.0202. The zero-order valence-electron chi connectivity index (χ0n) is 8.47. The molecule has 15 heavy (non-hydrogen) atoms. The summed E-state index contributed by atoms with van der Waals surface area (Å²) in [6.07, 6.45) is 3.67. The van der Waals surface area contributed by atoms with Crippen molar-refractivity contribution in [3.8, 4) is 0 Å². The Labute approximate surface area is 94.2 Å². The SMILES string of the molecule is ClCC1CN(Cc2ncccn2)CCO1. The van der Waals surface area contributed by atoms with Gasteiger partial charge in [-0.25, -0.2) is 9.97 Å². The average Bonchev–Trinajstić information content (AvgIpc) is 2.31. The molecule has 1 saturated heterocycles. The Hall–Kier alpha value is -0.710. The molecule has 2 rings (SSSR count). The molecular weight excluding hydrogens is 214 g/mol. The highest BCUT2D eigenvalue weighted by Crippen LogP contribution is 2.08. The van der Waals surface area contributed by atoms with Gasteiger partial charge in [0.1, 0.15) is 5.82 Å². The fourth-order valence-electron chi connectivity index (χ4n) is 1.63. The van der Waals surface area contributed by atoms with Crippen LogP contribution in [0.3, 0.4) is 0 Å². The van der Waals surface area contributed by atoms with Crippen molar-refractivity contribution in [1.29, 1.82) is 0 Å². The summed E-state index contributed by atoms with van der Waals surface area (Å²) in [6, 6.07) is 1.82. The van der Waals surface area contributed by atoms with E-state index in [9.17, 15) is 0 Å². The van der Waals surface area contributed by atoms with E-state index in [0.717, 1.165) is 32.1 Å². The summed E-state index contributed by atoms with van der Waals surface area (Å²) in [4.78, 5) is 10.7. The molecule has 4 nitrogen and oxygen atoms in total. The minimum Gasteiger partial charge on any atom is -0.374 e. The first kappa shape index (κ1) is 10.8. The van der Waals surface area contributed by atoms with Crippen molar-refractivity contribution in [3.05, 3.63) is 24.3 Å². The predicted octanol–water partition coefficient (Wildman–Crippen LogP) is 0.916. The number of rotatable bonds is 3. The summed E-state index contributed by atoms with van der Waals surface area (Å²) in [5.41, 5.74) is 0. The number of hydrogen-bond acceptors (Lipinski definition) is 4. The molecule has 0 bridgehead atoms. The van der Waals surface area contributed by atoms with Gasteiger partial charge >= 0.3 is 0 Å². The molecule has 0 saturated carbocycles. The smallest absolute Gasteiger partial charge is 0.142 e. The van der Waals surface area contributed by atoms with Crippen molar-refractivity contribution in [1.82, 2.24) is 14.9 Å². The van der Waals surface area contributed by atoms with Crippen molar-refractivity contribution < 1.29 is 4.74 Å². The Morgan fingerprint density at radius 1 is 1.47 bits per heavy atom. The van der Waals surface area contributed by atoms with Gasteiger partial charge in [-0.1, -0.05) is 0 Å². The molecule has 2 heterocycles. The van der Waals surface area contributed by atoms with E-state index < -0.39 is 0 Å². The summed E-state index contributed by atoms with van der Waals surface area (Å²) in [5, 5.41) is 0. The molecule has 1 fully saturated rings. The van der Waals surface area contributed by atoms with Crippen LogP contribution in [0.15, 0.2) is 18.5 Å². The fraction of sp³-hybridized carbons (Fsp3) is 0.600. The first-order valence-corrected chi connectivity index (χ1v) is 5.58. The second-order valence-electron chi connectivity index (χ2n) is 3.55. The van der Waals surface area contributed by atoms with Gasteiger partial charge in [-0.2, -0.15) is 0 Å². The highest BCUT2D eigenvalue weighted by Gasteiger charge is 2.19. The van der Waals surface area contributed by atoms with Crippen LogP contribution < -0.4 is 0 Å². The molecule has 0 radical (unpaired) electrons. The fourth-order valence-corrected chi connectivity index (χ4v) is 1.82. The zero-order valence-corrected chi connectivity index (χ0v) is 9.23. The second-order valence-corrected chi connectivity index (χ2v) is 3.86. The van der Waals surface area contributed by atoms with Gasteiger partial charge in [0.2, 0.25) is 0 Å². The Kier molecular flexibility index (Phi) is 3.88. The van der Waals surface area contributed by atoms with Gasteiger partial charge < -0.3 is 4.74 Å². The second kappa shape index (κ2) is 5.39. The third kappa shape index (κ3) is 3.12. The van der Waals surface area contributed by atoms with Gasteiger partial charge in [0, 0.05) is 31.4 Å². The maximum Gasteiger partial charge on any atom is 0.142 e. The molecule has 0 aromatic carbocycles. The van der Waals surface area contributed by atoms with Gasteiger partial charge in [0.05, 0.1) is 19.3 Å². The van der Waals surface area contributed by atoms with Crippen LogP contribution in [0.4, 0.5) is 0 Å². The quantitative estimate of drug-likeness (QED) is 0.720. The predicted molar refractivity (Wildman–Crippen MR) is 57.8 cm³/mol. The van der Waals surface area contributed by atoms with Gasteiger partial charge in [-0.3, -0.25) is 4.90 Å². The summed E-state index contributed by atoms with van der Waals surface area (Å²) in [7, 11) is 0. The summed E-state index contributed by atoms with van der Waals surface area (Å²) in [6.45, 7) is 3.30.